The summed E-state index contributed by atoms with van der Waals surface area (Å²) >= 11 is 0. The van der Waals surface area contributed by atoms with Gasteiger partial charge >= 0.3 is 11.9 Å². The average Bonchev–Trinajstić information content (AvgIpc) is 3.07. The van der Waals surface area contributed by atoms with Crippen molar-refractivity contribution in [2.75, 3.05) is 13.2 Å². The van der Waals surface area contributed by atoms with E-state index in [1.165, 1.54) is 94.5 Å². The third kappa shape index (κ3) is 12.6. The van der Waals surface area contributed by atoms with Gasteiger partial charge in [0.2, 0.25) is 0 Å². The van der Waals surface area contributed by atoms with Crippen LogP contribution in [-0.2, 0) is 4.74 Å². The molecule has 0 heterocycles. The van der Waals surface area contributed by atoms with Crippen molar-refractivity contribution in [3.05, 3.63) is 83.4 Å². The van der Waals surface area contributed by atoms with Gasteiger partial charge in [-0.2, -0.15) is 0 Å². The Labute approximate surface area is 273 Å². The lowest BCUT2D eigenvalue weighted by atomic mass is 10.0. The minimum atomic E-state index is -0.848. The maximum atomic E-state index is 14.8. The minimum absolute atomic E-state index is 0.0398. The van der Waals surface area contributed by atoms with Crippen LogP contribution in [0.2, 0.25) is 0 Å². The highest BCUT2D eigenvalue weighted by molar-refractivity contribution is 5.92. The first-order valence-corrected chi connectivity index (χ1v) is 17.0. The molecular weight excluding hydrogens is 586 g/mol. The van der Waals surface area contributed by atoms with Crippen LogP contribution < -0.4 is 9.47 Å². The highest BCUT2D eigenvalue weighted by Gasteiger charge is 2.16. The molecule has 0 radical (unpaired) electrons. The molecule has 0 saturated heterocycles. The van der Waals surface area contributed by atoms with E-state index in [1.807, 2.05) is 13.8 Å². The number of ether oxygens (including phenoxy) is 3. The second kappa shape index (κ2) is 20.4. The average molecular weight is 637 g/mol. The number of hydrogen-bond donors (Lipinski definition) is 0. The van der Waals surface area contributed by atoms with Crippen LogP contribution in [0.1, 0.15) is 125 Å². The van der Waals surface area contributed by atoms with E-state index in [4.69, 9.17) is 14.2 Å². The van der Waals surface area contributed by atoms with E-state index < -0.39 is 23.6 Å². The Morgan fingerprint density at radius 2 is 1.17 bits per heavy atom. The molecule has 0 saturated carbocycles. The lowest BCUT2D eigenvalue weighted by Crippen LogP contribution is -2.13. The van der Waals surface area contributed by atoms with Crippen LogP contribution in [0.4, 0.5) is 8.78 Å². The summed E-state index contributed by atoms with van der Waals surface area (Å²) in [5.41, 5.74) is 1.58. The van der Waals surface area contributed by atoms with Gasteiger partial charge in [0.1, 0.15) is 0 Å². The molecule has 0 fully saturated rings. The van der Waals surface area contributed by atoms with E-state index in [1.54, 1.807) is 24.3 Å². The monoisotopic (exact) mass is 636 g/mol. The standard InChI is InChI=1S/C39H50F2O5/c1-4-6-7-8-9-10-11-12-13-14-15-16-25-44-36-23-21-32(26-34(36)40)30-17-19-31(20-18-30)39(43)46-37-24-22-33(27-35(37)41)38(42)45-28-29(3)5-2/h17-24,26-27,29H,4-16,25,28H2,1-3H3/t29-/m0/s1. The van der Waals surface area contributed by atoms with Gasteiger partial charge in [-0.15, -0.1) is 0 Å². The minimum Gasteiger partial charge on any atom is -0.491 e. The maximum Gasteiger partial charge on any atom is 0.343 e. The number of carbonyl (C=O) groups is 2. The quantitative estimate of drug-likeness (QED) is 0.0661. The number of benzene rings is 3. The van der Waals surface area contributed by atoms with Crippen molar-refractivity contribution in [3.63, 3.8) is 0 Å². The first kappa shape index (κ1) is 36.7. The third-order valence-electron chi connectivity index (χ3n) is 8.21. The van der Waals surface area contributed by atoms with Crippen LogP contribution in [0.15, 0.2) is 60.7 Å². The fraction of sp³-hybridized carbons (Fsp3) is 0.487. The Kier molecular flexibility index (Phi) is 16.3. The zero-order chi connectivity index (χ0) is 33.1. The Morgan fingerprint density at radius 1 is 0.630 bits per heavy atom. The summed E-state index contributed by atoms with van der Waals surface area (Å²) in [6.07, 6.45) is 16.0. The Hall–Kier alpha value is -3.74. The normalized spacial score (nSPS) is 11.7. The Balaban J connectivity index is 1.40. The number of carbonyl (C=O) groups excluding carboxylic acids is 2. The third-order valence-corrected chi connectivity index (χ3v) is 8.21. The first-order valence-electron chi connectivity index (χ1n) is 17.0. The van der Waals surface area contributed by atoms with Gasteiger partial charge in [0.15, 0.2) is 23.1 Å². The summed E-state index contributed by atoms with van der Waals surface area (Å²) in [5, 5.41) is 0. The molecule has 5 nitrogen and oxygen atoms in total. The summed E-state index contributed by atoms with van der Waals surface area (Å²) in [6.45, 7) is 6.91. The molecule has 0 spiro atoms. The zero-order valence-electron chi connectivity index (χ0n) is 27.8. The van der Waals surface area contributed by atoms with Crippen LogP contribution in [0, 0.1) is 17.6 Å². The second-order valence-corrected chi connectivity index (χ2v) is 12.1. The van der Waals surface area contributed by atoms with E-state index in [0.717, 1.165) is 25.3 Å². The first-order chi connectivity index (χ1) is 22.3. The van der Waals surface area contributed by atoms with Gasteiger partial charge in [-0.1, -0.05) is 116 Å². The molecule has 3 rings (SSSR count). The number of unbranched alkanes of at least 4 members (excludes halogenated alkanes) is 11. The maximum absolute atomic E-state index is 14.8. The van der Waals surface area contributed by atoms with Gasteiger partial charge in [0, 0.05) is 0 Å². The Bertz CT molecular complexity index is 1350. The van der Waals surface area contributed by atoms with E-state index in [9.17, 15) is 18.4 Å². The van der Waals surface area contributed by atoms with Crippen molar-refractivity contribution in [1.82, 2.24) is 0 Å². The summed E-state index contributed by atoms with van der Waals surface area (Å²) < 4.78 is 45.5. The number of hydrogen-bond acceptors (Lipinski definition) is 5. The molecule has 0 aliphatic rings. The molecule has 0 amide bonds. The molecule has 7 heteroatoms. The van der Waals surface area contributed by atoms with E-state index in [0.29, 0.717) is 17.7 Å². The topological polar surface area (TPSA) is 61.8 Å². The van der Waals surface area contributed by atoms with Crippen LogP contribution in [0.5, 0.6) is 11.5 Å². The molecule has 0 bridgehead atoms. The number of esters is 2. The summed E-state index contributed by atoms with van der Waals surface area (Å²) in [4.78, 5) is 24.8. The van der Waals surface area contributed by atoms with Crippen molar-refractivity contribution in [3.8, 4) is 22.6 Å². The van der Waals surface area contributed by atoms with Crippen molar-refractivity contribution < 1.29 is 32.6 Å². The molecule has 46 heavy (non-hydrogen) atoms. The predicted molar refractivity (Wildman–Crippen MR) is 180 cm³/mol. The van der Waals surface area contributed by atoms with Gasteiger partial charge in [0.05, 0.1) is 24.3 Å². The van der Waals surface area contributed by atoms with Gasteiger partial charge in [-0.25, -0.2) is 18.4 Å². The lowest BCUT2D eigenvalue weighted by molar-refractivity contribution is 0.0446. The second-order valence-electron chi connectivity index (χ2n) is 12.1. The summed E-state index contributed by atoms with van der Waals surface area (Å²) in [6, 6.07) is 14.8. The van der Waals surface area contributed by atoms with Crippen molar-refractivity contribution >= 4 is 11.9 Å². The van der Waals surface area contributed by atoms with Crippen LogP contribution in [0.3, 0.4) is 0 Å². The van der Waals surface area contributed by atoms with Crippen LogP contribution in [-0.4, -0.2) is 25.2 Å². The number of halogens is 2. The van der Waals surface area contributed by atoms with Gasteiger partial charge in [-0.3, -0.25) is 0 Å². The fourth-order valence-corrected chi connectivity index (χ4v) is 5.01. The molecule has 0 unspecified atom stereocenters. The van der Waals surface area contributed by atoms with Crippen molar-refractivity contribution in [2.24, 2.45) is 5.92 Å². The lowest BCUT2D eigenvalue weighted by Gasteiger charge is -2.11. The van der Waals surface area contributed by atoms with E-state index in [2.05, 4.69) is 6.92 Å². The zero-order valence-corrected chi connectivity index (χ0v) is 27.8. The molecule has 1 atom stereocenters. The molecule has 0 aliphatic heterocycles. The Morgan fingerprint density at radius 3 is 1.76 bits per heavy atom. The molecule has 3 aromatic carbocycles. The van der Waals surface area contributed by atoms with Gasteiger partial charge < -0.3 is 14.2 Å². The van der Waals surface area contributed by atoms with Gasteiger partial charge in [-0.05, 0) is 65.9 Å². The molecular formula is C39H50F2O5. The smallest absolute Gasteiger partial charge is 0.343 e. The molecule has 3 aromatic rings. The fourth-order valence-electron chi connectivity index (χ4n) is 5.01. The predicted octanol–water partition coefficient (Wildman–Crippen LogP) is 11.1. The molecule has 0 aliphatic carbocycles. The summed E-state index contributed by atoms with van der Waals surface area (Å²) in [7, 11) is 0. The van der Waals surface area contributed by atoms with Crippen molar-refractivity contribution in [1.29, 1.82) is 0 Å². The highest BCUT2D eigenvalue weighted by atomic mass is 19.1. The number of rotatable bonds is 21. The largest absolute Gasteiger partial charge is 0.491 e. The van der Waals surface area contributed by atoms with E-state index in [-0.39, 0.29) is 35.2 Å². The van der Waals surface area contributed by atoms with Crippen LogP contribution >= 0.6 is 0 Å². The molecule has 0 N–H and O–H groups in total. The van der Waals surface area contributed by atoms with Gasteiger partial charge in [0.25, 0.3) is 0 Å². The SMILES string of the molecule is CCCCCCCCCCCCCCOc1ccc(-c2ccc(C(=O)Oc3ccc(C(=O)OC[C@@H](C)CC)cc3F)cc2)cc1F. The van der Waals surface area contributed by atoms with Crippen molar-refractivity contribution in [2.45, 2.75) is 104 Å². The molecule has 0 aromatic heterocycles. The summed E-state index contributed by atoms with van der Waals surface area (Å²) in [5.74, 6) is -2.56. The van der Waals surface area contributed by atoms with E-state index >= 15 is 0 Å². The highest BCUT2D eigenvalue weighted by Crippen LogP contribution is 2.27. The molecule has 250 valence electrons. The van der Waals surface area contributed by atoms with Crippen LogP contribution in [0.25, 0.3) is 11.1 Å².